The first kappa shape index (κ1) is 20.3. The smallest absolute Gasteiger partial charge is 0.329 e. The molecule has 2 heterocycles. The highest BCUT2D eigenvalue weighted by Gasteiger charge is 2.39. The fourth-order valence-corrected chi connectivity index (χ4v) is 5.95. The summed E-state index contributed by atoms with van der Waals surface area (Å²) in [6, 6.07) is 8.25. The van der Waals surface area contributed by atoms with Gasteiger partial charge in [-0.25, -0.2) is 9.78 Å². The Balaban J connectivity index is 1.45. The molecule has 0 saturated carbocycles. The van der Waals surface area contributed by atoms with E-state index < -0.39 is 10.0 Å². The molecule has 1 saturated heterocycles. The summed E-state index contributed by atoms with van der Waals surface area (Å²) in [7, 11) is 0. The minimum absolute atomic E-state index is 0.606. The number of nitrogens with zero attached hydrogens (tertiary/aromatic N) is 1. The molecule has 6 heteroatoms. The van der Waals surface area contributed by atoms with E-state index in [1.54, 1.807) is 23.5 Å². The Morgan fingerprint density at radius 1 is 1.22 bits per heavy atom. The third-order valence-corrected chi connectivity index (χ3v) is 8.48. The molecule has 1 aliphatic heterocycles. The van der Waals surface area contributed by atoms with E-state index in [0.717, 1.165) is 54.2 Å². The Morgan fingerprint density at radius 2 is 1.89 bits per heavy atom. The number of aryl methyl sites for hydroxylation is 3. The lowest BCUT2D eigenvalue weighted by Gasteiger charge is -2.32. The highest BCUT2D eigenvalue weighted by Crippen LogP contribution is 2.44. The lowest BCUT2D eigenvalue weighted by Crippen LogP contribution is -2.34. The Bertz CT molecular complexity index is 777. The van der Waals surface area contributed by atoms with Crippen molar-refractivity contribution >= 4 is 29.5 Å². The molecule has 3 rings (SSSR count). The maximum absolute atomic E-state index is 11.3. The zero-order chi connectivity index (χ0) is 19.4. The van der Waals surface area contributed by atoms with E-state index in [4.69, 9.17) is 9.40 Å². The molecule has 0 radical (unpaired) electrons. The minimum Gasteiger partial charge on any atom is -0.480 e. The van der Waals surface area contributed by atoms with Gasteiger partial charge in [-0.3, -0.25) is 0 Å². The van der Waals surface area contributed by atoms with Crippen molar-refractivity contribution in [3.8, 4) is 11.5 Å². The Hall–Kier alpha value is -1.40. The van der Waals surface area contributed by atoms with Crippen LogP contribution in [0.25, 0.3) is 11.5 Å². The van der Waals surface area contributed by atoms with Gasteiger partial charge in [-0.1, -0.05) is 24.1 Å². The number of oxazole rings is 1. The van der Waals surface area contributed by atoms with E-state index in [0.29, 0.717) is 11.8 Å². The van der Waals surface area contributed by atoms with Gasteiger partial charge in [0.1, 0.15) is 5.76 Å². The SMILES string of the molecule is Cc1ccc(-c2nc(CCCC[C@H]3CS[C@](C)(C(=O)O)SC3)c(C)o2)cc1. The van der Waals surface area contributed by atoms with E-state index in [1.807, 2.05) is 26.0 Å². The second-order valence-electron chi connectivity index (χ2n) is 7.37. The lowest BCUT2D eigenvalue weighted by molar-refractivity contribution is -0.136. The number of unbranched alkanes of at least 4 members (excludes halogenated alkanes) is 1. The molecule has 146 valence electrons. The van der Waals surface area contributed by atoms with E-state index in [9.17, 15) is 9.90 Å². The number of carbonyl (C=O) groups is 1. The summed E-state index contributed by atoms with van der Waals surface area (Å²) in [4.78, 5) is 16.0. The average Bonchev–Trinajstić information content (AvgIpc) is 3.01. The zero-order valence-electron chi connectivity index (χ0n) is 16.2. The maximum atomic E-state index is 11.3. The molecule has 0 atom stereocenters. The van der Waals surface area contributed by atoms with Crippen molar-refractivity contribution in [1.82, 2.24) is 4.98 Å². The van der Waals surface area contributed by atoms with Crippen molar-refractivity contribution in [2.24, 2.45) is 5.92 Å². The van der Waals surface area contributed by atoms with Crippen molar-refractivity contribution in [3.63, 3.8) is 0 Å². The molecule has 0 bridgehead atoms. The average molecular weight is 406 g/mol. The molecule has 0 amide bonds. The summed E-state index contributed by atoms with van der Waals surface area (Å²) < 4.78 is 5.19. The molecule has 1 aromatic carbocycles. The van der Waals surface area contributed by atoms with Gasteiger partial charge in [0.2, 0.25) is 5.89 Å². The molecular formula is C21H27NO3S2. The minimum atomic E-state index is -0.707. The Labute approximate surface area is 169 Å². The number of rotatable bonds is 7. The van der Waals surface area contributed by atoms with Crippen molar-refractivity contribution in [2.45, 2.75) is 50.5 Å². The van der Waals surface area contributed by atoms with Gasteiger partial charge >= 0.3 is 5.97 Å². The van der Waals surface area contributed by atoms with Crippen molar-refractivity contribution < 1.29 is 14.3 Å². The predicted molar refractivity (Wildman–Crippen MR) is 113 cm³/mol. The van der Waals surface area contributed by atoms with Crippen LogP contribution in [0, 0.1) is 19.8 Å². The van der Waals surface area contributed by atoms with Gasteiger partial charge in [-0.15, -0.1) is 23.5 Å². The van der Waals surface area contributed by atoms with Crippen LogP contribution >= 0.6 is 23.5 Å². The number of hydrogen-bond acceptors (Lipinski definition) is 5. The predicted octanol–water partition coefficient (Wildman–Crippen LogP) is 5.57. The van der Waals surface area contributed by atoms with E-state index >= 15 is 0 Å². The van der Waals surface area contributed by atoms with Crippen molar-refractivity contribution in [3.05, 3.63) is 41.3 Å². The summed E-state index contributed by atoms with van der Waals surface area (Å²) in [5.41, 5.74) is 3.30. The van der Waals surface area contributed by atoms with Gasteiger partial charge in [0.25, 0.3) is 0 Å². The molecule has 1 fully saturated rings. The van der Waals surface area contributed by atoms with Crippen molar-refractivity contribution in [2.75, 3.05) is 11.5 Å². The topological polar surface area (TPSA) is 63.3 Å². The number of benzene rings is 1. The first-order chi connectivity index (χ1) is 12.9. The van der Waals surface area contributed by atoms with Gasteiger partial charge in [0.05, 0.1) is 5.69 Å². The first-order valence-corrected chi connectivity index (χ1v) is 11.4. The van der Waals surface area contributed by atoms with Crippen LogP contribution < -0.4 is 0 Å². The van der Waals surface area contributed by atoms with Crippen LogP contribution in [0.5, 0.6) is 0 Å². The second kappa shape index (κ2) is 8.74. The standard InChI is InChI=1S/C21H27NO3S2/c1-14-8-10-17(11-9-14)19-22-18(15(2)25-19)7-5-4-6-16-12-26-21(3,20(23)24)27-13-16/h8-11,16H,4-7,12-13H2,1-3H3,(H,23,24)/t16-,21-. The molecule has 4 nitrogen and oxygen atoms in total. The number of aliphatic carboxylic acids is 1. The Morgan fingerprint density at radius 3 is 2.52 bits per heavy atom. The lowest BCUT2D eigenvalue weighted by atomic mass is 10.0. The quantitative estimate of drug-likeness (QED) is 0.608. The fraction of sp³-hybridized carbons (Fsp3) is 0.524. The van der Waals surface area contributed by atoms with Crippen LogP contribution in [-0.2, 0) is 11.2 Å². The number of aromatic nitrogens is 1. The van der Waals surface area contributed by atoms with Crippen LogP contribution in [0.15, 0.2) is 28.7 Å². The molecule has 27 heavy (non-hydrogen) atoms. The molecule has 0 aliphatic carbocycles. The van der Waals surface area contributed by atoms with Gasteiger partial charge in [-0.2, -0.15) is 0 Å². The summed E-state index contributed by atoms with van der Waals surface area (Å²) in [5, 5.41) is 9.29. The van der Waals surface area contributed by atoms with E-state index in [2.05, 4.69) is 19.1 Å². The molecule has 0 spiro atoms. The van der Waals surface area contributed by atoms with Crippen LogP contribution in [0.1, 0.15) is 43.2 Å². The fourth-order valence-electron chi connectivity index (χ4n) is 3.14. The van der Waals surface area contributed by atoms with Crippen LogP contribution in [-0.4, -0.2) is 31.6 Å². The maximum Gasteiger partial charge on any atom is 0.329 e. The van der Waals surface area contributed by atoms with E-state index in [-0.39, 0.29) is 0 Å². The first-order valence-electron chi connectivity index (χ1n) is 9.42. The largest absolute Gasteiger partial charge is 0.480 e. The highest BCUT2D eigenvalue weighted by atomic mass is 32.2. The summed E-state index contributed by atoms with van der Waals surface area (Å²) in [6.45, 7) is 5.88. The number of carboxylic acids is 1. The second-order valence-corrected chi connectivity index (χ2v) is 10.5. The number of thioether (sulfide) groups is 2. The van der Waals surface area contributed by atoms with Gasteiger partial charge < -0.3 is 9.52 Å². The third-order valence-electron chi connectivity index (χ3n) is 5.04. The molecule has 1 N–H and O–H groups in total. The zero-order valence-corrected chi connectivity index (χ0v) is 17.8. The van der Waals surface area contributed by atoms with Crippen molar-refractivity contribution in [1.29, 1.82) is 0 Å². The molecule has 1 aliphatic rings. The van der Waals surface area contributed by atoms with Gasteiger partial charge in [-0.05, 0) is 69.6 Å². The number of hydrogen-bond donors (Lipinski definition) is 1. The summed E-state index contributed by atoms with van der Waals surface area (Å²) >= 11 is 3.15. The normalized spacial score (nSPS) is 22.7. The van der Waals surface area contributed by atoms with Crippen LogP contribution in [0.2, 0.25) is 0 Å². The molecule has 0 unspecified atom stereocenters. The molecular weight excluding hydrogens is 378 g/mol. The number of carboxylic acid groups (broad SMARTS) is 1. The summed E-state index contributed by atoms with van der Waals surface area (Å²) in [6.07, 6.45) is 4.31. The molecule has 1 aromatic heterocycles. The third kappa shape index (κ3) is 5.11. The van der Waals surface area contributed by atoms with Gasteiger partial charge in [0.15, 0.2) is 4.08 Å². The highest BCUT2D eigenvalue weighted by molar-refractivity contribution is 8.19. The van der Waals surface area contributed by atoms with Gasteiger partial charge in [0, 0.05) is 5.56 Å². The summed E-state index contributed by atoms with van der Waals surface area (Å²) in [5.74, 6) is 3.39. The Kier molecular flexibility index (Phi) is 6.58. The molecule has 2 aromatic rings. The van der Waals surface area contributed by atoms with E-state index in [1.165, 1.54) is 5.56 Å². The van der Waals surface area contributed by atoms with Crippen LogP contribution in [0.4, 0.5) is 0 Å². The monoisotopic (exact) mass is 405 g/mol. The van der Waals surface area contributed by atoms with Crippen LogP contribution in [0.3, 0.4) is 0 Å².